The van der Waals surface area contributed by atoms with Crippen molar-refractivity contribution in [3.63, 3.8) is 0 Å². The quantitative estimate of drug-likeness (QED) is 0.729. The topological polar surface area (TPSA) is 50.3 Å². The molecular weight excluding hydrogens is 320 g/mol. The number of thiazole rings is 1. The van der Waals surface area contributed by atoms with Crippen LogP contribution in [0.25, 0.3) is 0 Å². The van der Waals surface area contributed by atoms with Gasteiger partial charge in [0.2, 0.25) is 5.91 Å². The van der Waals surface area contributed by atoms with Crippen LogP contribution in [0, 0.1) is 5.92 Å². The summed E-state index contributed by atoms with van der Waals surface area (Å²) in [5, 5.41) is 3.21. The summed E-state index contributed by atoms with van der Waals surface area (Å²) in [6.45, 7) is 7.62. The summed E-state index contributed by atoms with van der Waals surface area (Å²) in [7, 11) is 0. The van der Waals surface area contributed by atoms with Gasteiger partial charge < -0.3 is 4.90 Å². The van der Waals surface area contributed by atoms with E-state index in [1.54, 1.807) is 11.3 Å². The standard InChI is InChI=1S/C18H28N2O2S.CH4/c1-4-6-17(22)20-10-5-7-14(11-20)18-19-15(12-23-18)8-9-16(21)13(2)3;/h12-14H,4-11H2,1-3H3;1H4. The number of hydrogen-bond acceptors (Lipinski definition) is 4. The molecular formula is C19H32N2O2S. The first-order chi connectivity index (χ1) is 11.0. The first kappa shape index (κ1) is 20.8. The van der Waals surface area contributed by atoms with Gasteiger partial charge in [0.15, 0.2) is 0 Å². The van der Waals surface area contributed by atoms with Gasteiger partial charge in [-0.1, -0.05) is 28.2 Å². The van der Waals surface area contributed by atoms with Gasteiger partial charge in [0, 0.05) is 43.1 Å². The zero-order valence-corrected chi connectivity index (χ0v) is 15.3. The molecule has 0 radical (unpaired) electrons. The molecule has 2 heterocycles. The molecule has 2 rings (SSSR count). The summed E-state index contributed by atoms with van der Waals surface area (Å²) in [5.41, 5.74) is 1.02. The third-order valence-corrected chi connectivity index (χ3v) is 5.48. The number of hydrogen-bond donors (Lipinski definition) is 0. The van der Waals surface area contributed by atoms with Crippen LogP contribution in [0.15, 0.2) is 5.38 Å². The lowest BCUT2D eigenvalue weighted by atomic mass is 9.98. The Hall–Kier alpha value is -1.23. The summed E-state index contributed by atoms with van der Waals surface area (Å²) in [5.74, 6) is 1.04. The fourth-order valence-corrected chi connectivity index (χ4v) is 3.92. The van der Waals surface area contributed by atoms with E-state index in [0.29, 0.717) is 24.5 Å². The lowest BCUT2D eigenvalue weighted by Crippen LogP contribution is -2.38. The SMILES string of the molecule is C.CCCC(=O)N1CCCC(c2nc(CCC(=O)C(C)C)cs2)C1. The fourth-order valence-electron chi connectivity index (χ4n) is 2.94. The molecule has 1 unspecified atom stereocenters. The van der Waals surface area contributed by atoms with Gasteiger partial charge in [0.05, 0.1) is 10.7 Å². The Labute approximate surface area is 150 Å². The van der Waals surface area contributed by atoms with Crippen molar-refractivity contribution < 1.29 is 9.59 Å². The summed E-state index contributed by atoms with van der Waals surface area (Å²) in [4.78, 5) is 30.6. The minimum Gasteiger partial charge on any atom is -0.342 e. The maximum absolute atomic E-state index is 12.1. The minimum atomic E-state index is 0. The van der Waals surface area contributed by atoms with Gasteiger partial charge in [-0.05, 0) is 25.7 Å². The normalized spacial score (nSPS) is 17.7. The molecule has 1 atom stereocenters. The molecule has 0 N–H and O–H groups in total. The first-order valence-corrected chi connectivity index (χ1v) is 9.64. The molecule has 1 aliphatic rings. The number of carbonyl (C=O) groups excluding carboxylic acids is 2. The number of amides is 1. The highest BCUT2D eigenvalue weighted by atomic mass is 32.1. The third-order valence-electron chi connectivity index (χ3n) is 4.43. The second-order valence-corrected chi connectivity index (χ2v) is 7.62. The maximum atomic E-state index is 12.1. The van der Waals surface area contributed by atoms with E-state index in [9.17, 15) is 9.59 Å². The molecule has 1 aliphatic heterocycles. The smallest absolute Gasteiger partial charge is 0.222 e. The number of ketones is 1. The van der Waals surface area contributed by atoms with Crippen molar-refractivity contribution in [1.82, 2.24) is 9.88 Å². The Morgan fingerprint density at radius 3 is 2.79 bits per heavy atom. The lowest BCUT2D eigenvalue weighted by Gasteiger charge is -2.31. The van der Waals surface area contributed by atoms with Crippen molar-refractivity contribution in [2.45, 2.75) is 72.6 Å². The second kappa shape index (κ2) is 9.92. The van der Waals surface area contributed by atoms with Crippen molar-refractivity contribution in [1.29, 1.82) is 0 Å². The van der Waals surface area contributed by atoms with Gasteiger partial charge in [-0.25, -0.2) is 4.98 Å². The Balaban J connectivity index is 0.00000288. The monoisotopic (exact) mass is 352 g/mol. The molecule has 0 aromatic carbocycles. The van der Waals surface area contributed by atoms with Crippen LogP contribution in [-0.4, -0.2) is 34.7 Å². The van der Waals surface area contributed by atoms with E-state index < -0.39 is 0 Å². The molecule has 0 saturated carbocycles. The molecule has 5 heteroatoms. The average Bonchev–Trinajstić information content (AvgIpc) is 3.02. The highest BCUT2D eigenvalue weighted by Gasteiger charge is 2.26. The van der Waals surface area contributed by atoms with Crippen molar-refractivity contribution >= 4 is 23.0 Å². The number of rotatable bonds is 7. The Morgan fingerprint density at radius 2 is 2.12 bits per heavy atom. The van der Waals surface area contributed by atoms with Crippen LogP contribution < -0.4 is 0 Å². The largest absolute Gasteiger partial charge is 0.342 e. The van der Waals surface area contributed by atoms with E-state index in [1.807, 2.05) is 25.7 Å². The van der Waals surface area contributed by atoms with Crippen LogP contribution in [-0.2, 0) is 16.0 Å². The average molecular weight is 353 g/mol. The Kier molecular flexibility index (Phi) is 8.60. The number of aromatic nitrogens is 1. The molecule has 1 aromatic rings. The van der Waals surface area contributed by atoms with E-state index in [2.05, 4.69) is 5.38 Å². The van der Waals surface area contributed by atoms with Crippen molar-refractivity contribution in [3.05, 3.63) is 16.1 Å². The molecule has 1 aromatic heterocycles. The van der Waals surface area contributed by atoms with Gasteiger partial charge >= 0.3 is 0 Å². The Morgan fingerprint density at radius 1 is 1.38 bits per heavy atom. The molecule has 0 spiro atoms. The van der Waals surface area contributed by atoms with Gasteiger partial charge in [0.1, 0.15) is 5.78 Å². The predicted octanol–water partition coefficient (Wildman–Crippen LogP) is 4.44. The molecule has 0 bridgehead atoms. The molecule has 136 valence electrons. The van der Waals surface area contributed by atoms with Crippen LogP contribution in [0.1, 0.15) is 76.9 Å². The highest BCUT2D eigenvalue weighted by molar-refractivity contribution is 7.09. The van der Waals surface area contributed by atoms with Crippen LogP contribution in [0.4, 0.5) is 0 Å². The van der Waals surface area contributed by atoms with E-state index >= 15 is 0 Å². The van der Waals surface area contributed by atoms with E-state index in [1.165, 1.54) is 0 Å². The van der Waals surface area contributed by atoms with Gasteiger partial charge in [0.25, 0.3) is 0 Å². The summed E-state index contributed by atoms with van der Waals surface area (Å²) >= 11 is 1.68. The highest BCUT2D eigenvalue weighted by Crippen LogP contribution is 2.30. The number of carbonyl (C=O) groups is 2. The molecule has 1 fully saturated rings. The summed E-state index contributed by atoms with van der Waals surface area (Å²) in [6, 6.07) is 0. The number of piperidine rings is 1. The van der Waals surface area contributed by atoms with Crippen molar-refractivity contribution in [2.75, 3.05) is 13.1 Å². The van der Waals surface area contributed by atoms with E-state index in [-0.39, 0.29) is 19.3 Å². The molecule has 4 nitrogen and oxygen atoms in total. The van der Waals surface area contributed by atoms with Crippen LogP contribution in [0.5, 0.6) is 0 Å². The molecule has 1 amide bonds. The van der Waals surface area contributed by atoms with Gasteiger partial charge in [-0.2, -0.15) is 0 Å². The van der Waals surface area contributed by atoms with Crippen molar-refractivity contribution in [3.8, 4) is 0 Å². The zero-order valence-electron chi connectivity index (χ0n) is 14.5. The summed E-state index contributed by atoms with van der Waals surface area (Å²) < 4.78 is 0. The first-order valence-electron chi connectivity index (χ1n) is 8.76. The van der Waals surface area contributed by atoms with Gasteiger partial charge in [-0.3, -0.25) is 9.59 Å². The maximum Gasteiger partial charge on any atom is 0.222 e. The molecule has 0 aliphatic carbocycles. The Bertz CT molecular complexity index is 539. The van der Waals surface area contributed by atoms with Crippen LogP contribution in [0.2, 0.25) is 0 Å². The number of nitrogens with zero attached hydrogens (tertiary/aromatic N) is 2. The summed E-state index contributed by atoms with van der Waals surface area (Å²) in [6.07, 6.45) is 5.03. The molecule has 24 heavy (non-hydrogen) atoms. The zero-order chi connectivity index (χ0) is 16.8. The number of likely N-dealkylation sites (tertiary alicyclic amines) is 1. The van der Waals surface area contributed by atoms with Crippen LogP contribution in [0.3, 0.4) is 0 Å². The van der Waals surface area contributed by atoms with Crippen molar-refractivity contribution in [2.24, 2.45) is 5.92 Å². The molecule has 1 saturated heterocycles. The number of Topliss-reactive ketones (excluding diaryl/α,β-unsaturated/α-hetero) is 1. The predicted molar refractivity (Wildman–Crippen MR) is 100 cm³/mol. The second-order valence-electron chi connectivity index (χ2n) is 6.73. The fraction of sp³-hybridized carbons (Fsp3) is 0.737. The van der Waals surface area contributed by atoms with Crippen LogP contribution >= 0.6 is 11.3 Å². The van der Waals surface area contributed by atoms with Gasteiger partial charge in [-0.15, -0.1) is 11.3 Å². The lowest BCUT2D eigenvalue weighted by molar-refractivity contribution is -0.132. The minimum absolute atomic E-state index is 0. The third kappa shape index (κ3) is 5.69. The number of aryl methyl sites for hydroxylation is 1. The van der Waals surface area contributed by atoms with E-state index in [4.69, 9.17) is 4.98 Å². The van der Waals surface area contributed by atoms with E-state index in [0.717, 1.165) is 49.5 Å².